The molecule has 0 radical (unpaired) electrons. The monoisotopic (exact) mass is 1290 g/mol. The third-order valence-electron chi connectivity index (χ3n) is 17.6. The molecule has 0 bridgehead atoms. The van der Waals surface area contributed by atoms with E-state index in [1.54, 1.807) is 6.92 Å². The van der Waals surface area contributed by atoms with E-state index in [1.165, 1.54) is 7.11 Å². The number of carbonyl (C=O) groups is 1. The molecule has 30 atom stereocenters. The van der Waals surface area contributed by atoms with Crippen LogP contribution in [0.1, 0.15) is 79.7 Å². The van der Waals surface area contributed by atoms with Gasteiger partial charge in [-0.1, -0.05) is 78.8 Å². The minimum Gasteiger partial charge on any atom is -0.469 e. The first-order valence-corrected chi connectivity index (χ1v) is 31.7. The number of aliphatic hydroxyl groups is 9. The summed E-state index contributed by atoms with van der Waals surface area (Å²) in [6, 6.07) is 9.17. The van der Waals surface area contributed by atoms with Crippen molar-refractivity contribution in [3.8, 4) is 0 Å². The molecule has 0 aliphatic carbocycles. The fraction of sp³-hybridized carbons (Fsp3) is 0.873. The molecule has 0 saturated carbocycles. The Morgan fingerprint density at radius 3 is 1.36 bits per heavy atom. The zero-order valence-electron chi connectivity index (χ0n) is 49.8. The molecular formula is C55H88O30P2. The molecule has 30 nitrogen and oxygen atoms in total. The minimum absolute atomic E-state index is 0.0107. The summed E-state index contributed by atoms with van der Waals surface area (Å²) in [7, 11) is -5.49. The number of aliphatic hydroxyl groups excluding tert-OH is 9. The summed E-state index contributed by atoms with van der Waals surface area (Å²) >= 11 is 0. The highest BCUT2D eigenvalue weighted by molar-refractivity contribution is 7.24. The van der Waals surface area contributed by atoms with Crippen molar-refractivity contribution in [1.29, 1.82) is 0 Å². The summed E-state index contributed by atoms with van der Waals surface area (Å²) in [5.74, 6) is -2.52. The van der Waals surface area contributed by atoms with Crippen molar-refractivity contribution < 1.29 is 144 Å². The Morgan fingerprint density at radius 2 is 0.851 bits per heavy atom. The molecule has 0 aromatic heterocycles. The molecule has 6 saturated heterocycles. The van der Waals surface area contributed by atoms with Crippen LogP contribution < -0.4 is 0 Å². The molecular weight excluding hydrogens is 1200 g/mol. The molecule has 1 aromatic rings. The Hall–Kier alpha value is -2.47. The van der Waals surface area contributed by atoms with Crippen LogP contribution in [0, 0.1) is 29.6 Å². The predicted octanol–water partition coefficient (Wildman–Crippen LogP) is 0.537. The van der Waals surface area contributed by atoms with E-state index in [2.05, 4.69) is 9.05 Å². The van der Waals surface area contributed by atoms with Crippen molar-refractivity contribution in [2.24, 2.45) is 29.6 Å². The predicted molar refractivity (Wildman–Crippen MR) is 290 cm³/mol. The standard InChI is InChI=1S/C55H88O30P2/c1-9-30-24(3)26(5)47(84-51-44(64)41(61)38(58)34(81-51)22-75-86(66)67)53(77-30)74-21-33-37(57)40(60)43(63)50(80-33)73-20-32-28(7)46(49(72-19-29-15-12-11-13-16-29)54(79-32)71-18-14-17-36(56)70-8)83-55-48(27(6)25(4)31(10-2)78-55)85-52-45(65)42(62)39(59)35(82-52)23-76-87(68)69/h11-13,15-16,24-28,30-35,37-55,57-65H,9-10,14,17-23H2,1-8H3/t24-,25-,26-,27-,28+,30?,31?,32?,33?,34?,35?,37+,38+,39+,40-,41-,42-,43?,44?,45?,46-,47?,48?,49?,50-,51+,52+,53-,54+,55+/m0/s1. The maximum absolute atomic E-state index is 12.2. The lowest BCUT2D eigenvalue weighted by molar-refractivity contribution is -0.381. The van der Waals surface area contributed by atoms with Crippen LogP contribution in [0.25, 0.3) is 0 Å². The van der Waals surface area contributed by atoms with Crippen molar-refractivity contribution in [1.82, 2.24) is 0 Å². The molecule has 6 fully saturated rings. The zero-order chi connectivity index (χ0) is 63.6. The van der Waals surface area contributed by atoms with Crippen molar-refractivity contribution in [3.63, 3.8) is 0 Å². The number of benzene rings is 1. The van der Waals surface area contributed by atoms with Gasteiger partial charge in [-0.15, -0.1) is 0 Å². The van der Waals surface area contributed by atoms with Gasteiger partial charge in [-0.2, -0.15) is 0 Å². The first kappa shape index (κ1) is 72.0. The fourth-order valence-corrected chi connectivity index (χ4v) is 12.3. The summed E-state index contributed by atoms with van der Waals surface area (Å²) < 4.78 is 142. The Kier molecular flexibility index (Phi) is 27.6. The molecule has 7 rings (SSSR count). The van der Waals surface area contributed by atoms with Crippen LogP contribution >= 0.6 is 15.8 Å². The van der Waals surface area contributed by atoms with Crippen LogP contribution in [0.4, 0.5) is 0 Å². The number of rotatable bonds is 28. The highest BCUT2D eigenvalue weighted by atomic mass is 31.1. The van der Waals surface area contributed by atoms with Crippen LogP contribution in [0.3, 0.4) is 0 Å². The Labute approximate surface area is 504 Å². The van der Waals surface area contributed by atoms with Gasteiger partial charge in [0.15, 0.2) is 37.7 Å². The van der Waals surface area contributed by atoms with E-state index in [9.17, 15) is 69.0 Å². The molecule has 1 aromatic carbocycles. The molecule has 0 amide bonds. The Bertz CT molecular complexity index is 2380. The molecule has 6 aliphatic heterocycles. The summed E-state index contributed by atoms with van der Waals surface area (Å²) in [5.41, 5.74) is 0.761. The second-order valence-corrected chi connectivity index (χ2v) is 24.5. The third kappa shape index (κ3) is 18.0. The normalized spacial score (nSPS) is 43.6. The number of ether oxygens (including phenoxy) is 14. The molecule has 12 unspecified atom stereocenters. The Morgan fingerprint density at radius 1 is 0.437 bits per heavy atom. The van der Waals surface area contributed by atoms with E-state index in [-0.39, 0.29) is 37.9 Å². The third-order valence-corrected chi connectivity index (χ3v) is 18.3. The van der Waals surface area contributed by atoms with Gasteiger partial charge in [-0.05, 0) is 48.5 Å². The van der Waals surface area contributed by atoms with Gasteiger partial charge in [0.1, 0.15) is 91.6 Å². The topological polar surface area (TPSA) is 415 Å². The molecule has 87 heavy (non-hydrogen) atoms. The zero-order valence-corrected chi connectivity index (χ0v) is 51.6. The van der Waals surface area contributed by atoms with E-state index < -0.39 is 220 Å². The quantitative estimate of drug-likeness (QED) is 0.0314. The first-order valence-electron chi connectivity index (χ1n) is 29.5. The molecule has 6 aliphatic rings. The van der Waals surface area contributed by atoms with E-state index in [0.717, 1.165) is 5.56 Å². The highest BCUT2D eigenvalue weighted by Gasteiger charge is 2.55. The van der Waals surface area contributed by atoms with Crippen LogP contribution in [0.5, 0.6) is 0 Å². The number of esters is 1. The second kappa shape index (κ2) is 33.4. The summed E-state index contributed by atoms with van der Waals surface area (Å²) in [5, 5.41) is 99.3. The van der Waals surface area contributed by atoms with Crippen LogP contribution in [-0.4, -0.2) is 246 Å². The number of carbonyl (C=O) groups excluding carboxylic acids is 1. The van der Waals surface area contributed by atoms with Gasteiger partial charge < -0.3 is 112 Å². The molecule has 9 N–H and O–H groups in total. The lowest BCUT2D eigenvalue weighted by Gasteiger charge is -2.51. The van der Waals surface area contributed by atoms with Gasteiger partial charge in [0.25, 0.3) is 0 Å². The lowest BCUT2D eigenvalue weighted by atomic mass is 9.82. The summed E-state index contributed by atoms with van der Waals surface area (Å²) in [4.78, 5) is 12.2. The van der Waals surface area contributed by atoms with Crippen molar-refractivity contribution in [2.75, 3.05) is 40.1 Å². The number of hydrogen-bond acceptors (Lipinski definition) is 30. The maximum atomic E-state index is 12.2. The minimum atomic E-state index is -3.38. The largest absolute Gasteiger partial charge is 0.469 e. The van der Waals surface area contributed by atoms with Crippen LogP contribution in [0.15, 0.2) is 30.3 Å². The average molecular weight is 1290 g/mol. The van der Waals surface area contributed by atoms with Gasteiger partial charge >= 0.3 is 21.8 Å². The SMILES string of the molecule is CCC1O[C@H](O[C@@H]2C(OCc3ccccc3)[C@H](OCCCC(=O)OC)OC(CO[C@H]3OC(CO[C@H]4OC(CC)[C@@H](C)[C@H](C)C4O[C@H]4OC(COP(=O)=O)[C@@H](O)[C@H](O)C4O)[C@@H](O)[C@H](O)C3O)[C@H]2C)C(O[C@H]2OC(COP(=O)=O)[C@@H](O)[C@H](O)C2O)[C@@H](C)[C@@H]1C. The summed E-state index contributed by atoms with van der Waals surface area (Å²) in [6.07, 6.45) is -34.7. The van der Waals surface area contributed by atoms with E-state index in [1.807, 2.05) is 71.9 Å². The molecule has 0 spiro atoms. The number of hydrogen-bond donors (Lipinski definition) is 9. The van der Waals surface area contributed by atoms with Gasteiger partial charge in [-0.3, -0.25) is 13.8 Å². The van der Waals surface area contributed by atoms with Crippen LogP contribution in [0.2, 0.25) is 0 Å². The van der Waals surface area contributed by atoms with Gasteiger partial charge in [0.2, 0.25) is 0 Å². The van der Waals surface area contributed by atoms with Crippen molar-refractivity contribution >= 4 is 21.8 Å². The van der Waals surface area contributed by atoms with Gasteiger partial charge in [0.05, 0.1) is 71.2 Å². The molecule has 498 valence electrons. The van der Waals surface area contributed by atoms with Crippen LogP contribution in [-0.2, 0) is 105 Å². The maximum Gasteiger partial charge on any atom is 0.468 e. The number of methoxy groups -OCH3 is 1. The molecule has 32 heteroatoms. The second-order valence-electron chi connectivity index (χ2n) is 23.1. The molecule has 6 heterocycles. The lowest BCUT2D eigenvalue weighted by Crippen LogP contribution is -2.64. The fourth-order valence-electron chi connectivity index (χ4n) is 11.7. The average Bonchev–Trinajstić information content (AvgIpc) is 2.03. The first-order chi connectivity index (χ1) is 41.4. The van der Waals surface area contributed by atoms with E-state index >= 15 is 0 Å². The van der Waals surface area contributed by atoms with Crippen molar-refractivity contribution in [3.05, 3.63) is 35.9 Å². The van der Waals surface area contributed by atoms with Gasteiger partial charge in [-0.25, -0.2) is 18.3 Å². The smallest absolute Gasteiger partial charge is 0.468 e. The summed E-state index contributed by atoms with van der Waals surface area (Å²) in [6.45, 7) is 10.7. The highest BCUT2D eigenvalue weighted by Crippen LogP contribution is 2.42. The van der Waals surface area contributed by atoms with E-state index in [4.69, 9.17) is 66.3 Å². The van der Waals surface area contributed by atoms with E-state index in [0.29, 0.717) is 12.8 Å². The van der Waals surface area contributed by atoms with Crippen molar-refractivity contribution in [2.45, 2.75) is 234 Å². The van der Waals surface area contributed by atoms with Gasteiger partial charge in [0, 0.05) is 12.3 Å². The Balaban J connectivity index is 1.13.